The lowest BCUT2D eigenvalue weighted by Gasteiger charge is -2.43. The number of hydrogen-bond acceptors (Lipinski definition) is 6. The molecule has 164 valence electrons. The van der Waals surface area contributed by atoms with E-state index >= 15 is 0 Å². The zero-order valence-electron chi connectivity index (χ0n) is 18.2. The molecule has 30 heavy (non-hydrogen) atoms. The Labute approximate surface area is 176 Å². The van der Waals surface area contributed by atoms with Crippen LogP contribution >= 0.6 is 0 Å². The van der Waals surface area contributed by atoms with Crippen molar-refractivity contribution in [3.63, 3.8) is 0 Å². The highest BCUT2D eigenvalue weighted by Gasteiger charge is 2.48. The molecular weight excluding hydrogens is 388 g/mol. The van der Waals surface area contributed by atoms with Crippen molar-refractivity contribution in [1.29, 1.82) is 0 Å². The van der Waals surface area contributed by atoms with Crippen molar-refractivity contribution < 1.29 is 28.7 Å². The van der Waals surface area contributed by atoms with Gasteiger partial charge in [-0.25, -0.2) is 9.59 Å². The van der Waals surface area contributed by atoms with Gasteiger partial charge in [0, 0.05) is 27.3 Å². The molecule has 1 aromatic rings. The SMILES string of the molecule is CC(=O)N[C@@H](C)C(=O)OC(C)OC(=O)N(C)[C@]1(c2ccccc2C)CCCCC1=O. The van der Waals surface area contributed by atoms with Gasteiger partial charge in [0.25, 0.3) is 0 Å². The lowest BCUT2D eigenvalue weighted by molar-refractivity contribution is -0.170. The van der Waals surface area contributed by atoms with E-state index in [-0.39, 0.29) is 11.7 Å². The average Bonchev–Trinajstić information content (AvgIpc) is 2.67. The highest BCUT2D eigenvalue weighted by molar-refractivity contribution is 5.93. The minimum atomic E-state index is -1.18. The second kappa shape index (κ2) is 9.73. The molecule has 0 saturated heterocycles. The van der Waals surface area contributed by atoms with Crippen molar-refractivity contribution in [2.75, 3.05) is 7.05 Å². The van der Waals surface area contributed by atoms with Crippen molar-refractivity contribution in [3.8, 4) is 0 Å². The van der Waals surface area contributed by atoms with Crippen LogP contribution in [0.4, 0.5) is 4.79 Å². The summed E-state index contributed by atoms with van der Waals surface area (Å²) < 4.78 is 10.4. The first-order chi connectivity index (χ1) is 14.1. The number of ketones is 1. The van der Waals surface area contributed by atoms with Crippen LogP contribution in [0, 0.1) is 6.92 Å². The number of hydrogen-bond donors (Lipinski definition) is 1. The molecule has 1 saturated carbocycles. The zero-order valence-corrected chi connectivity index (χ0v) is 18.2. The molecule has 1 aliphatic carbocycles. The van der Waals surface area contributed by atoms with Crippen LogP contribution in [0.5, 0.6) is 0 Å². The van der Waals surface area contributed by atoms with Crippen molar-refractivity contribution in [3.05, 3.63) is 35.4 Å². The Kier molecular flexibility index (Phi) is 7.59. The van der Waals surface area contributed by atoms with E-state index in [0.717, 1.165) is 24.0 Å². The maximum atomic E-state index is 13.1. The molecule has 8 nitrogen and oxygen atoms in total. The Balaban J connectivity index is 2.18. The number of esters is 1. The number of benzene rings is 1. The first kappa shape index (κ1) is 23.4. The number of aryl methyl sites for hydroxylation is 1. The quantitative estimate of drug-likeness (QED) is 0.563. The van der Waals surface area contributed by atoms with Gasteiger partial charge in [-0.15, -0.1) is 0 Å². The van der Waals surface area contributed by atoms with Gasteiger partial charge >= 0.3 is 12.1 Å². The van der Waals surface area contributed by atoms with Gasteiger partial charge in [-0.3, -0.25) is 14.5 Å². The number of ether oxygens (including phenoxy) is 2. The van der Waals surface area contributed by atoms with Crippen molar-refractivity contribution in [1.82, 2.24) is 10.2 Å². The predicted molar refractivity (Wildman–Crippen MR) is 109 cm³/mol. The largest absolute Gasteiger partial charge is 0.424 e. The van der Waals surface area contributed by atoms with E-state index in [0.29, 0.717) is 12.8 Å². The van der Waals surface area contributed by atoms with E-state index in [1.165, 1.54) is 32.7 Å². The van der Waals surface area contributed by atoms with E-state index in [4.69, 9.17) is 9.47 Å². The fourth-order valence-electron chi connectivity index (χ4n) is 3.90. The fraction of sp³-hybridized carbons (Fsp3) is 0.545. The maximum Gasteiger partial charge on any atom is 0.413 e. The summed E-state index contributed by atoms with van der Waals surface area (Å²) in [5.41, 5.74) is 0.572. The Morgan fingerprint density at radius 2 is 1.80 bits per heavy atom. The van der Waals surface area contributed by atoms with Crippen molar-refractivity contribution >= 4 is 23.8 Å². The average molecular weight is 418 g/mol. The molecule has 8 heteroatoms. The normalized spacial score (nSPS) is 20.6. The van der Waals surface area contributed by atoms with Crippen LogP contribution in [0.1, 0.15) is 57.6 Å². The van der Waals surface area contributed by atoms with E-state index in [1.807, 2.05) is 31.2 Å². The van der Waals surface area contributed by atoms with Gasteiger partial charge in [0.15, 0.2) is 5.78 Å². The molecular formula is C22H30N2O6. The summed E-state index contributed by atoms with van der Waals surface area (Å²) in [7, 11) is 1.53. The summed E-state index contributed by atoms with van der Waals surface area (Å²) in [5.74, 6) is -1.14. The number of carbonyl (C=O) groups excluding carboxylic acids is 4. The molecule has 1 aliphatic rings. The molecule has 0 heterocycles. The van der Waals surface area contributed by atoms with Crippen LogP contribution in [0.2, 0.25) is 0 Å². The number of nitrogens with zero attached hydrogens (tertiary/aromatic N) is 1. The Bertz CT molecular complexity index is 824. The van der Waals surface area contributed by atoms with E-state index in [9.17, 15) is 19.2 Å². The molecule has 2 rings (SSSR count). The summed E-state index contributed by atoms with van der Waals surface area (Å²) in [5, 5.41) is 2.41. The molecule has 1 fully saturated rings. The number of carbonyl (C=O) groups is 4. The monoisotopic (exact) mass is 418 g/mol. The number of Topliss-reactive ketones (excluding diaryl/α,β-unsaturated/α-hetero) is 1. The van der Waals surface area contributed by atoms with Crippen molar-refractivity contribution in [2.45, 2.75) is 71.2 Å². The summed E-state index contributed by atoms with van der Waals surface area (Å²) in [6, 6.07) is 6.63. The molecule has 1 aromatic carbocycles. The number of rotatable bonds is 6. The lowest BCUT2D eigenvalue weighted by Crippen LogP contribution is -2.55. The van der Waals surface area contributed by atoms with Gasteiger partial charge in [0.2, 0.25) is 12.2 Å². The standard InChI is InChI=1S/C22H30N2O6/c1-14-10-6-7-11-18(14)22(13-9-8-12-19(22)26)24(5)21(28)30-17(4)29-20(27)15(2)23-16(3)25/h6-7,10-11,15,17H,8-9,12-13H2,1-5H3,(H,23,25)/t15-,17?,22-/m0/s1. The molecule has 0 aromatic heterocycles. The number of likely N-dealkylation sites (N-methyl/N-ethyl adjacent to an activating group) is 1. The minimum Gasteiger partial charge on any atom is -0.424 e. The van der Waals surface area contributed by atoms with Gasteiger partial charge in [-0.2, -0.15) is 0 Å². The molecule has 1 N–H and O–H groups in total. The highest BCUT2D eigenvalue weighted by atomic mass is 16.7. The predicted octanol–water partition coefficient (Wildman–Crippen LogP) is 2.82. The zero-order chi connectivity index (χ0) is 22.5. The molecule has 0 spiro atoms. The van der Waals surface area contributed by atoms with Gasteiger partial charge in [0.05, 0.1) is 0 Å². The third-order valence-electron chi connectivity index (χ3n) is 5.41. The minimum absolute atomic E-state index is 0.0357. The summed E-state index contributed by atoms with van der Waals surface area (Å²) in [6.45, 7) is 6.08. The fourth-order valence-corrected chi connectivity index (χ4v) is 3.90. The molecule has 0 aliphatic heterocycles. The van der Waals surface area contributed by atoms with Gasteiger partial charge in [0.1, 0.15) is 11.6 Å². The van der Waals surface area contributed by atoms with E-state index < -0.39 is 29.9 Å². The number of amides is 2. The Morgan fingerprint density at radius 3 is 2.40 bits per heavy atom. The smallest absolute Gasteiger partial charge is 0.413 e. The van der Waals surface area contributed by atoms with Crippen LogP contribution in [0.15, 0.2) is 24.3 Å². The molecule has 0 bridgehead atoms. The second-order valence-electron chi connectivity index (χ2n) is 7.67. The van der Waals surface area contributed by atoms with Crippen LogP contribution < -0.4 is 5.32 Å². The van der Waals surface area contributed by atoms with E-state index in [1.54, 1.807) is 0 Å². The van der Waals surface area contributed by atoms with Crippen LogP contribution in [0.3, 0.4) is 0 Å². The van der Waals surface area contributed by atoms with Gasteiger partial charge < -0.3 is 14.8 Å². The molecule has 3 atom stereocenters. The summed E-state index contributed by atoms with van der Waals surface area (Å²) in [4.78, 5) is 50.4. The second-order valence-corrected chi connectivity index (χ2v) is 7.67. The summed E-state index contributed by atoms with van der Waals surface area (Å²) in [6.07, 6.45) is 0.513. The van der Waals surface area contributed by atoms with E-state index in [2.05, 4.69) is 5.32 Å². The first-order valence-electron chi connectivity index (χ1n) is 10.1. The molecule has 0 radical (unpaired) electrons. The van der Waals surface area contributed by atoms with Crippen LogP contribution in [-0.4, -0.2) is 48.0 Å². The first-order valence-corrected chi connectivity index (χ1v) is 10.1. The molecule has 2 amide bonds. The highest BCUT2D eigenvalue weighted by Crippen LogP contribution is 2.41. The Morgan fingerprint density at radius 1 is 1.13 bits per heavy atom. The van der Waals surface area contributed by atoms with Crippen LogP contribution in [0.25, 0.3) is 0 Å². The van der Waals surface area contributed by atoms with Crippen molar-refractivity contribution in [2.24, 2.45) is 0 Å². The Hall–Kier alpha value is -2.90. The molecule has 1 unspecified atom stereocenters. The third kappa shape index (κ3) is 4.98. The summed E-state index contributed by atoms with van der Waals surface area (Å²) >= 11 is 0. The lowest BCUT2D eigenvalue weighted by atomic mass is 9.73. The third-order valence-corrected chi connectivity index (χ3v) is 5.41. The van der Waals surface area contributed by atoms with Crippen LogP contribution in [-0.2, 0) is 29.4 Å². The van der Waals surface area contributed by atoms with Gasteiger partial charge in [-0.1, -0.05) is 24.3 Å². The van der Waals surface area contributed by atoms with Gasteiger partial charge in [-0.05, 0) is 44.2 Å². The number of nitrogens with one attached hydrogen (secondary N) is 1. The maximum absolute atomic E-state index is 13.1. The topological polar surface area (TPSA) is 102 Å².